The number of fused-ring (bicyclic) bond motifs is 4. The second kappa shape index (κ2) is 5.87. The molecule has 3 aliphatic rings. The highest BCUT2D eigenvalue weighted by Gasteiger charge is 2.50. The van der Waals surface area contributed by atoms with Gasteiger partial charge in [-0.3, -0.25) is 0 Å². The van der Waals surface area contributed by atoms with Crippen molar-refractivity contribution >= 4 is 21.6 Å². The number of hydrazone groups is 1. The number of benzene rings is 2. The Morgan fingerprint density at radius 1 is 1.04 bits per heavy atom. The van der Waals surface area contributed by atoms with E-state index in [1.54, 1.807) is 0 Å². The maximum atomic E-state index is 6.61. The average Bonchev–Trinajstić information content (AvgIpc) is 3.11. The molecule has 0 amide bonds. The van der Waals surface area contributed by atoms with Crippen LogP contribution in [0.4, 0.5) is 0 Å². The van der Waals surface area contributed by atoms with Crippen molar-refractivity contribution in [3.8, 4) is 5.75 Å². The van der Waals surface area contributed by atoms with Gasteiger partial charge in [0, 0.05) is 29.3 Å². The van der Waals surface area contributed by atoms with Gasteiger partial charge in [0.1, 0.15) is 5.75 Å². The molecule has 1 atom stereocenters. The summed E-state index contributed by atoms with van der Waals surface area (Å²) in [6.45, 7) is 0. The van der Waals surface area contributed by atoms with Crippen LogP contribution < -0.4 is 4.74 Å². The first-order valence-corrected chi connectivity index (χ1v) is 9.95. The molecule has 0 bridgehead atoms. The van der Waals surface area contributed by atoms with Crippen molar-refractivity contribution in [2.24, 2.45) is 5.10 Å². The van der Waals surface area contributed by atoms with Crippen molar-refractivity contribution in [1.82, 2.24) is 5.01 Å². The second-order valence-corrected chi connectivity index (χ2v) is 8.18. The molecule has 2 aromatic carbocycles. The number of ether oxygens (including phenoxy) is 1. The van der Waals surface area contributed by atoms with Crippen molar-refractivity contribution in [1.29, 1.82) is 0 Å². The Labute approximate surface area is 156 Å². The normalized spacial score (nSPS) is 23.6. The summed E-state index contributed by atoms with van der Waals surface area (Å²) in [5.74, 6) is 1.04. The highest BCUT2D eigenvalue weighted by atomic mass is 79.9. The predicted octanol–water partition coefficient (Wildman–Crippen LogP) is 5.65. The van der Waals surface area contributed by atoms with Gasteiger partial charge in [0.2, 0.25) is 0 Å². The number of halogens is 1. The molecule has 2 heterocycles. The van der Waals surface area contributed by atoms with Gasteiger partial charge in [-0.2, -0.15) is 5.10 Å². The number of hydrogen-bond donors (Lipinski definition) is 0. The van der Waals surface area contributed by atoms with Crippen LogP contribution in [0.15, 0.2) is 58.1 Å². The van der Waals surface area contributed by atoms with Crippen molar-refractivity contribution in [2.45, 2.75) is 50.3 Å². The molecular formula is C21H21BrN2O. The van der Waals surface area contributed by atoms with Gasteiger partial charge in [-0.05, 0) is 36.6 Å². The van der Waals surface area contributed by atoms with E-state index < -0.39 is 0 Å². The van der Waals surface area contributed by atoms with Gasteiger partial charge in [0.05, 0.1) is 11.8 Å². The predicted molar refractivity (Wildman–Crippen MR) is 103 cm³/mol. The van der Waals surface area contributed by atoms with Crippen LogP contribution in [0, 0.1) is 0 Å². The highest BCUT2D eigenvalue weighted by molar-refractivity contribution is 9.10. The standard InChI is InChI=1S/C21H21BrN2O/c22-16-9-10-20-17(13-16)19-14-18(15-7-3-1-4-8-15)23-24(19)21(25-20)11-5-2-6-12-21/h1,3-4,7-10,13,19H,2,5-6,11-12,14H2/t19-/m0/s1. The molecule has 0 radical (unpaired) electrons. The Balaban J connectivity index is 1.61. The molecule has 128 valence electrons. The van der Waals surface area contributed by atoms with Gasteiger partial charge in [-0.1, -0.05) is 52.7 Å². The molecule has 25 heavy (non-hydrogen) atoms. The van der Waals surface area contributed by atoms with Gasteiger partial charge in [0.25, 0.3) is 0 Å². The fourth-order valence-electron chi connectivity index (χ4n) is 4.49. The topological polar surface area (TPSA) is 24.8 Å². The molecule has 2 aromatic rings. The van der Waals surface area contributed by atoms with E-state index in [-0.39, 0.29) is 11.8 Å². The average molecular weight is 397 g/mol. The fraction of sp³-hybridized carbons (Fsp3) is 0.381. The lowest BCUT2D eigenvalue weighted by Gasteiger charge is -2.49. The minimum atomic E-state index is -0.264. The molecular weight excluding hydrogens is 376 g/mol. The van der Waals surface area contributed by atoms with Gasteiger partial charge in [-0.15, -0.1) is 0 Å². The highest BCUT2D eigenvalue weighted by Crippen LogP contribution is 2.51. The second-order valence-electron chi connectivity index (χ2n) is 7.27. The molecule has 0 N–H and O–H groups in total. The quantitative estimate of drug-likeness (QED) is 0.621. The van der Waals surface area contributed by atoms with Gasteiger partial charge in [-0.25, -0.2) is 5.01 Å². The third-order valence-corrected chi connectivity index (χ3v) is 6.19. The molecule has 3 nitrogen and oxygen atoms in total. The molecule has 1 fully saturated rings. The van der Waals surface area contributed by atoms with Crippen LogP contribution in [-0.4, -0.2) is 16.4 Å². The van der Waals surface area contributed by atoms with Gasteiger partial charge >= 0.3 is 0 Å². The third kappa shape index (κ3) is 2.50. The molecule has 1 aliphatic carbocycles. The minimum absolute atomic E-state index is 0.264. The molecule has 0 aromatic heterocycles. The maximum absolute atomic E-state index is 6.61. The molecule has 1 spiro atoms. The SMILES string of the molecule is Brc1ccc2c(c1)[C@@H]1CC(c3ccccc3)=NN1C1(CCCCC1)O2. The summed E-state index contributed by atoms with van der Waals surface area (Å²) in [6.07, 6.45) is 6.79. The van der Waals surface area contributed by atoms with Crippen LogP contribution in [0.1, 0.15) is 55.7 Å². The molecule has 0 saturated heterocycles. The molecule has 2 aliphatic heterocycles. The van der Waals surface area contributed by atoms with Crippen LogP contribution in [-0.2, 0) is 0 Å². The van der Waals surface area contributed by atoms with E-state index in [1.165, 1.54) is 36.1 Å². The number of rotatable bonds is 1. The first-order valence-electron chi connectivity index (χ1n) is 9.16. The lowest BCUT2D eigenvalue weighted by molar-refractivity contribution is -0.140. The van der Waals surface area contributed by atoms with E-state index in [0.717, 1.165) is 29.5 Å². The van der Waals surface area contributed by atoms with Crippen molar-refractivity contribution in [2.75, 3.05) is 0 Å². The van der Waals surface area contributed by atoms with E-state index in [0.29, 0.717) is 0 Å². The fourth-order valence-corrected chi connectivity index (χ4v) is 4.87. The monoisotopic (exact) mass is 396 g/mol. The first kappa shape index (κ1) is 15.4. The maximum Gasteiger partial charge on any atom is 0.198 e. The van der Waals surface area contributed by atoms with E-state index in [9.17, 15) is 0 Å². The van der Waals surface area contributed by atoms with Crippen LogP contribution in [0.25, 0.3) is 0 Å². The smallest absolute Gasteiger partial charge is 0.198 e. The molecule has 0 unspecified atom stereocenters. The molecule has 4 heteroatoms. The Morgan fingerprint density at radius 2 is 1.84 bits per heavy atom. The lowest BCUT2D eigenvalue weighted by Crippen LogP contribution is -2.54. The van der Waals surface area contributed by atoms with Crippen LogP contribution in [0.5, 0.6) is 5.75 Å². The van der Waals surface area contributed by atoms with Gasteiger partial charge < -0.3 is 4.74 Å². The van der Waals surface area contributed by atoms with E-state index in [4.69, 9.17) is 9.84 Å². The summed E-state index contributed by atoms with van der Waals surface area (Å²) in [4.78, 5) is 0. The summed E-state index contributed by atoms with van der Waals surface area (Å²) < 4.78 is 7.71. The zero-order valence-electron chi connectivity index (χ0n) is 14.1. The Hall–Kier alpha value is -1.81. The van der Waals surface area contributed by atoms with Crippen LogP contribution in [0.2, 0.25) is 0 Å². The summed E-state index contributed by atoms with van der Waals surface area (Å²) in [6, 6.07) is 17.2. The zero-order valence-corrected chi connectivity index (χ0v) is 15.7. The summed E-state index contributed by atoms with van der Waals surface area (Å²) in [5.41, 5.74) is 3.38. The largest absolute Gasteiger partial charge is 0.466 e. The van der Waals surface area contributed by atoms with Gasteiger partial charge in [0.15, 0.2) is 5.72 Å². The van der Waals surface area contributed by atoms with Crippen LogP contribution >= 0.6 is 15.9 Å². The van der Waals surface area contributed by atoms with E-state index in [2.05, 4.69) is 69.5 Å². The Kier molecular flexibility index (Phi) is 3.63. The van der Waals surface area contributed by atoms with Crippen molar-refractivity contribution < 1.29 is 4.74 Å². The summed E-state index contributed by atoms with van der Waals surface area (Å²) in [7, 11) is 0. The molecule has 5 rings (SSSR count). The summed E-state index contributed by atoms with van der Waals surface area (Å²) in [5, 5.41) is 7.39. The summed E-state index contributed by atoms with van der Waals surface area (Å²) >= 11 is 3.62. The number of hydrogen-bond acceptors (Lipinski definition) is 3. The Morgan fingerprint density at radius 3 is 2.64 bits per heavy atom. The van der Waals surface area contributed by atoms with Crippen LogP contribution in [0.3, 0.4) is 0 Å². The van der Waals surface area contributed by atoms with E-state index in [1.807, 2.05) is 0 Å². The van der Waals surface area contributed by atoms with E-state index >= 15 is 0 Å². The number of nitrogens with zero attached hydrogens (tertiary/aromatic N) is 2. The lowest BCUT2D eigenvalue weighted by atomic mass is 9.86. The minimum Gasteiger partial charge on any atom is -0.466 e. The van der Waals surface area contributed by atoms with Crippen molar-refractivity contribution in [3.05, 3.63) is 64.1 Å². The molecule has 1 saturated carbocycles. The first-order chi connectivity index (χ1) is 12.3. The Bertz CT molecular complexity index is 827. The zero-order chi connectivity index (χ0) is 16.9. The third-order valence-electron chi connectivity index (χ3n) is 5.70. The van der Waals surface area contributed by atoms with Crippen molar-refractivity contribution in [3.63, 3.8) is 0 Å².